The van der Waals surface area contributed by atoms with Crippen LogP contribution in [0.5, 0.6) is 5.88 Å². The SMILES string of the molecule is COc1cc(-c2noc(CC(N)C3CC3)n2)ncn1. The molecular weight excluding hydrogens is 246 g/mol. The summed E-state index contributed by atoms with van der Waals surface area (Å²) >= 11 is 0. The van der Waals surface area contributed by atoms with E-state index in [2.05, 4.69) is 20.1 Å². The Bertz CT molecular complexity index is 567. The molecule has 2 aromatic rings. The molecule has 7 nitrogen and oxygen atoms in total. The zero-order valence-electron chi connectivity index (χ0n) is 10.6. The van der Waals surface area contributed by atoms with Gasteiger partial charge in [0.25, 0.3) is 0 Å². The summed E-state index contributed by atoms with van der Waals surface area (Å²) in [5, 5.41) is 3.91. The quantitative estimate of drug-likeness (QED) is 0.850. The largest absolute Gasteiger partial charge is 0.481 e. The van der Waals surface area contributed by atoms with Crippen molar-refractivity contribution < 1.29 is 9.26 Å². The van der Waals surface area contributed by atoms with Crippen LogP contribution in [0, 0.1) is 5.92 Å². The number of ether oxygens (including phenoxy) is 1. The van der Waals surface area contributed by atoms with Gasteiger partial charge in [0.2, 0.25) is 17.6 Å². The van der Waals surface area contributed by atoms with E-state index in [9.17, 15) is 0 Å². The van der Waals surface area contributed by atoms with Gasteiger partial charge < -0.3 is 15.0 Å². The number of methoxy groups -OCH3 is 1. The standard InChI is InChI=1S/C12H15N5O2/c1-18-10-5-9(14-6-15-10)12-16-11(19-17-12)4-8(13)7-2-3-7/h5-8H,2-4,13H2,1H3. The maximum absolute atomic E-state index is 6.03. The Morgan fingerprint density at radius 3 is 3.05 bits per heavy atom. The first-order chi connectivity index (χ1) is 9.26. The molecule has 2 N–H and O–H groups in total. The first-order valence-corrected chi connectivity index (χ1v) is 6.21. The van der Waals surface area contributed by atoms with E-state index in [1.54, 1.807) is 13.2 Å². The normalized spacial score (nSPS) is 16.3. The molecule has 1 aliphatic rings. The minimum atomic E-state index is 0.105. The topological polar surface area (TPSA) is 100.0 Å². The van der Waals surface area contributed by atoms with Crippen LogP contribution < -0.4 is 10.5 Å². The zero-order chi connectivity index (χ0) is 13.2. The Morgan fingerprint density at radius 1 is 1.47 bits per heavy atom. The van der Waals surface area contributed by atoms with Crippen molar-refractivity contribution >= 4 is 0 Å². The first kappa shape index (κ1) is 12.0. The van der Waals surface area contributed by atoms with Crippen molar-refractivity contribution in [3.05, 3.63) is 18.3 Å². The molecule has 0 saturated heterocycles. The number of hydrogen-bond donors (Lipinski definition) is 1. The lowest BCUT2D eigenvalue weighted by molar-refractivity contribution is 0.363. The Balaban J connectivity index is 1.75. The van der Waals surface area contributed by atoms with Crippen LogP contribution in [0.1, 0.15) is 18.7 Å². The van der Waals surface area contributed by atoms with Gasteiger partial charge in [0.1, 0.15) is 12.0 Å². The van der Waals surface area contributed by atoms with Crippen LogP contribution in [-0.4, -0.2) is 33.3 Å². The molecule has 19 heavy (non-hydrogen) atoms. The summed E-state index contributed by atoms with van der Waals surface area (Å²) in [5.74, 6) is 2.05. The van der Waals surface area contributed by atoms with E-state index in [1.165, 1.54) is 19.2 Å². The van der Waals surface area contributed by atoms with Crippen LogP contribution in [-0.2, 0) is 6.42 Å². The summed E-state index contributed by atoms with van der Waals surface area (Å²) in [6, 6.07) is 1.77. The highest BCUT2D eigenvalue weighted by atomic mass is 16.5. The molecule has 1 fully saturated rings. The molecule has 0 radical (unpaired) electrons. The maximum Gasteiger partial charge on any atom is 0.228 e. The fraction of sp³-hybridized carbons (Fsp3) is 0.500. The van der Waals surface area contributed by atoms with E-state index in [1.807, 2.05) is 0 Å². The van der Waals surface area contributed by atoms with Gasteiger partial charge in [-0.05, 0) is 18.8 Å². The molecule has 2 aromatic heterocycles. The van der Waals surface area contributed by atoms with Gasteiger partial charge in [0, 0.05) is 18.5 Å². The molecule has 3 rings (SSSR count). The smallest absolute Gasteiger partial charge is 0.228 e. The van der Waals surface area contributed by atoms with Gasteiger partial charge in [-0.2, -0.15) is 4.98 Å². The van der Waals surface area contributed by atoms with E-state index in [-0.39, 0.29) is 6.04 Å². The van der Waals surface area contributed by atoms with Gasteiger partial charge in [0.15, 0.2) is 0 Å². The Morgan fingerprint density at radius 2 is 2.32 bits per heavy atom. The minimum Gasteiger partial charge on any atom is -0.481 e. The molecule has 0 aromatic carbocycles. The first-order valence-electron chi connectivity index (χ1n) is 6.21. The van der Waals surface area contributed by atoms with Gasteiger partial charge in [-0.3, -0.25) is 0 Å². The second-order valence-electron chi connectivity index (χ2n) is 4.66. The second kappa shape index (κ2) is 4.93. The Kier molecular flexibility index (Phi) is 3.12. The number of aromatic nitrogens is 4. The van der Waals surface area contributed by atoms with Crippen LogP contribution in [0.2, 0.25) is 0 Å². The van der Waals surface area contributed by atoms with E-state index in [0.29, 0.717) is 35.6 Å². The lowest BCUT2D eigenvalue weighted by Crippen LogP contribution is -2.25. The lowest BCUT2D eigenvalue weighted by atomic mass is 10.1. The molecule has 0 bridgehead atoms. The molecule has 1 aliphatic carbocycles. The van der Waals surface area contributed by atoms with Crippen molar-refractivity contribution in [1.29, 1.82) is 0 Å². The van der Waals surface area contributed by atoms with Crippen LogP contribution in [0.15, 0.2) is 16.9 Å². The molecule has 0 spiro atoms. The number of nitrogens with zero attached hydrogens (tertiary/aromatic N) is 4. The molecular formula is C12H15N5O2. The number of nitrogens with two attached hydrogens (primary N) is 1. The molecule has 1 atom stereocenters. The predicted octanol–water partition coefficient (Wildman–Crippen LogP) is 0.815. The minimum absolute atomic E-state index is 0.105. The van der Waals surface area contributed by atoms with Crippen LogP contribution in [0.25, 0.3) is 11.5 Å². The van der Waals surface area contributed by atoms with Gasteiger partial charge in [-0.25, -0.2) is 9.97 Å². The monoisotopic (exact) mass is 261 g/mol. The maximum atomic E-state index is 6.03. The van der Waals surface area contributed by atoms with E-state index in [4.69, 9.17) is 15.0 Å². The summed E-state index contributed by atoms with van der Waals surface area (Å²) in [6.07, 6.45) is 4.41. The number of rotatable bonds is 5. The van der Waals surface area contributed by atoms with Gasteiger partial charge in [0.05, 0.1) is 7.11 Å². The summed E-state index contributed by atoms with van der Waals surface area (Å²) in [4.78, 5) is 12.3. The third-order valence-electron chi connectivity index (χ3n) is 3.19. The van der Waals surface area contributed by atoms with Crippen molar-refractivity contribution in [1.82, 2.24) is 20.1 Å². The fourth-order valence-electron chi connectivity index (χ4n) is 1.91. The summed E-state index contributed by atoms with van der Waals surface area (Å²) in [6.45, 7) is 0. The molecule has 100 valence electrons. The molecule has 0 amide bonds. The van der Waals surface area contributed by atoms with E-state index < -0.39 is 0 Å². The molecule has 2 heterocycles. The number of hydrogen-bond acceptors (Lipinski definition) is 7. The predicted molar refractivity (Wildman–Crippen MR) is 66.3 cm³/mol. The van der Waals surface area contributed by atoms with Crippen LogP contribution >= 0.6 is 0 Å². The third-order valence-corrected chi connectivity index (χ3v) is 3.19. The Labute approximate surface area is 110 Å². The zero-order valence-corrected chi connectivity index (χ0v) is 10.6. The summed E-state index contributed by atoms with van der Waals surface area (Å²) in [5.41, 5.74) is 6.60. The highest BCUT2D eigenvalue weighted by Gasteiger charge is 2.29. The van der Waals surface area contributed by atoms with E-state index >= 15 is 0 Å². The highest BCUT2D eigenvalue weighted by Crippen LogP contribution is 2.32. The molecule has 1 saturated carbocycles. The van der Waals surface area contributed by atoms with Crippen molar-refractivity contribution in [3.63, 3.8) is 0 Å². The molecule has 1 unspecified atom stereocenters. The fourth-order valence-corrected chi connectivity index (χ4v) is 1.91. The van der Waals surface area contributed by atoms with Gasteiger partial charge in [-0.15, -0.1) is 0 Å². The summed E-state index contributed by atoms with van der Waals surface area (Å²) in [7, 11) is 1.54. The van der Waals surface area contributed by atoms with Crippen molar-refractivity contribution in [2.45, 2.75) is 25.3 Å². The second-order valence-corrected chi connectivity index (χ2v) is 4.66. The van der Waals surface area contributed by atoms with Crippen molar-refractivity contribution in [3.8, 4) is 17.4 Å². The average molecular weight is 261 g/mol. The van der Waals surface area contributed by atoms with Gasteiger partial charge >= 0.3 is 0 Å². The molecule has 7 heteroatoms. The summed E-state index contributed by atoms with van der Waals surface area (Å²) < 4.78 is 10.2. The molecule has 0 aliphatic heterocycles. The van der Waals surface area contributed by atoms with Crippen molar-refractivity contribution in [2.75, 3.05) is 7.11 Å². The van der Waals surface area contributed by atoms with Crippen molar-refractivity contribution in [2.24, 2.45) is 11.7 Å². The van der Waals surface area contributed by atoms with Gasteiger partial charge in [-0.1, -0.05) is 5.16 Å². The Hall–Kier alpha value is -2.02. The van der Waals surface area contributed by atoms with Crippen LogP contribution in [0.4, 0.5) is 0 Å². The highest BCUT2D eigenvalue weighted by molar-refractivity contribution is 5.49. The third kappa shape index (κ3) is 2.70. The van der Waals surface area contributed by atoms with Crippen LogP contribution in [0.3, 0.4) is 0 Å². The lowest BCUT2D eigenvalue weighted by Gasteiger charge is -2.04. The van der Waals surface area contributed by atoms with E-state index in [0.717, 1.165) is 0 Å². The average Bonchev–Trinajstić information content (AvgIpc) is 3.20.